The Bertz CT molecular complexity index is 189. The van der Waals surface area contributed by atoms with E-state index in [0.29, 0.717) is 19.6 Å². The second-order valence-corrected chi connectivity index (χ2v) is 4.79. The Morgan fingerprint density at radius 1 is 1.33 bits per heavy atom. The molecule has 74 valence electrons. The van der Waals surface area contributed by atoms with Crippen LogP contribution in [0.2, 0.25) is 0 Å². The second kappa shape index (κ2) is 6.39. The summed E-state index contributed by atoms with van der Waals surface area (Å²) < 4.78 is 27.1. The number of hydrogen-bond acceptors (Lipinski definition) is 4. The number of sulfone groups is 1. The largest absolute Gasteiger partial charge is 0.382 e. The van der Waals surface area contributed by atoms with E-state index >= 15 is 0 Å². The molecule has 0 aromatic carbocycles. The van der Waals surface area contributed by atoms with E-state index < -0.39 is 9.84 Å². The van der Waals surface area contributed by atoms with E-state index in [9.17, 15) is 8.42 Å². The Labute approximate surface area is 74.0 Å². The molecule has 5 heteroatoms. The topological polar surface area (TPSA) is 69.4 Å². The molecule has 0 aliphatic rings. The van der Waals surface area contributed by atoms with Gasteiger partial charge in [-0.2, -0.15) is 0 Å². The average molecular weight is 195 g/mol. The third-order valence-electron chi connectivity index (χ3n) is 1.38. The normalized spacial score (nSPS) is 11.8. The van der Waals surface area contributed by atoms with Crippen LogP contribution < -0.4 is 5.73 Å². The smallest absolute Gasteiger partial charge is 0.151 e. The molecule has 0 amide bonds. The lowest BCUT2D eigenvalue weighted by Gasteiger charge is -2.02. The lowest BCUT2D eigenvalue weighted by Crippen LogP contribution is -2.19. The van der Waals surface area contributed by atoms with Crippen LogP contribution in [0, 0.1) is 0 Å². The van der Waals surface area contributed by atoms with Crippen LogP contribution in [0.15, 0.2) is 0 Å². The fourth-order valence-corrected chi connectivity index (χ4v) is 1.93. The summed E-state index contributed by atoms with van der Waals surface area (Å²) in [6, 6.07) is 0. The highest BCUT2D eigenvalue weighted by Gasteiger charge is 2.07. The van der Waals surface area contributed by atoms with Crippen molar-refractivity contribution in [2.45, 2.75) is 13.3 Å². The van der Waals surface area contributed by atoms with Gasteiger partial charge in [0.15, 0.2) is 9.84 Å². The molecule has 0 radical (unpaired) electrons. The Morgan fingerprint density at radius 3 is 2.50 bits per heavy atom. The lowest BCUT2D eigenvalue weighted by atomic mass is 10.5. The maximum Gasteiger partial charge on any atom is 0.151 e. The van der Waals surface area contributed by atoms with Crippen LogP contribution in [0.4, 0.5) is 0 Å². The Morgan fingerprint density at radius 2 is 2.00 bits per heavy atom. The summed E-state index contributed by atoms with van der Waals surface area (Å²) in [5.41, 5.74) is 5.13. The fraction of sp³-hybridized carbons (Fsp3) is 1.00. The minimum absolute atomic E-state index is 0.0825. The Balaban J connectivity index is 3.48. The molecule has 0 spiro atoms. The van der Waals surface area contributed by atoms with Crippen molar-refractivity contribution in [3.63, 3.8) is 0 Å². The van der Waals surface area contributed by atoms with Crippen LogP contribution in [0.5, 0.6) is 0 Å². The first-order valence-corrected chi connectivity index (χ1v) is 5.92. The van der Waals surface area contributed by atoms with E-state index in [1.165, 1.54) is 0 Å². The lowest BCUT2D eigenvalue weighted by molar-refractivity contribution is 0.148. The van der Waals surface area contributed by atoms with Crippen LogP contribution in [0.1, 0.15) is 13.3 Å². The molecule has 0 saturated carbocycles. The van der Waals surface area contributed by atoms with Gasteiger partial charge in [-0.25, -0.2) is 8.42 Å². The van der Waals surface area contributed by atoms with Gasteiger partial charge in [0.05, 0.1) is 11.5 Å². The predicted molar refractivity (Wildman–Crippen MR) is 48.8 cm³/mol. The molecule has 0 saturated heterocycles. The molecule has 0 aliphatic carbocycles. The van der Waals surface area contributed by atoms with Crippen LogP contribution in [0.3, 0.4) is 0 Å². The summed E-state index contributed by atoms with van der Waals surface area (Å²) in [6.45, 7) is 3.24. The third kappa shape index (κ3) is 6.57. The number of hydrogen-bond donors (Lipinski definition) is 1. The molecule has 0 unspecified atom stereocenters. The van der Waals surface area contributed by atoms with Gasteiger partial charge in [-0.1, -0.05) is 0 Å². The van der Waals surface area contributed by atoms with Gasteiger partial charge in [0.25, 0.3) is 0 Å². The first-order valence-electron chi connectivity index (χ1n) is 4.10. The van der Waals surface area contributed by atoms with E-state index in [2.05, 4.69) is 0 Å². The zero-order valence-electron chi connectivity index (χ0n) is 7.45. The first-order chi connectivity index (χ1) is 5.62. The van der Waals surface area contributed by atoms with Crippen LogP contribution >= 0.6 is 0 Å². The van der Waals surface area contributed by atoms with Crippen molar-refractivity contribution >= 4 is 9.84 Å². The average Bonchev–Trinajstić information content (AvgIpc) is 1.98. The molecule has 0 bridgehead atoms. The van der Waals surface area contributed by atoms with Gasteiger partial charge in [0, 0.05) is 19.8 Å². The summed E-state index contributed by atoms with van der Waals surface area (Å²) in [5, 5.41) is 0. The Kier molecular flexibility index (Phi) is 6.32. The van der Waals surface area contributed by atoms with Crippen molar-refractivity contribution in [1.29, 1.82) is 0 Å². The van der Waals surface area contributed by atoms with Crippen LogP contribution in [-0.4, -0.2) is 39.7 Å². The van der Waals surface area contributed by atoms with Crippen molar-refractivity contribution in [3.05, 3.63) is 0 Å². The highest BCUT2D eigenvalue weighted by molar-refractivity contribution is 7.91. The van der Waals surface area contributed by atoms with Crippen molar-refractivity contribution in [1.82, 2.24) is 0 Å². The van der Waals surface area contributed by atoms with Crippen LogP contribution in [0.25, 0.3) is 0 Å². The molecule has 4 nitrogen and oxygen atoms in total. The highest BCUT2D eigenvalue weighted by Crippen LogP contribution is 1.93. The van der Waals surface area contributed by atoms with Gasteiger partial charge in [-0.3, -0.25) is 0 Å². The van der Waals surface area contributed by atoms with Crippen molar-refractivity contribution in [2.75, 3.05) is 31.3 Å². The van der Waals surface area contributed by atoms with Crippen molar-refractivity contribution in [2.24, 2.45) is 5.73 Å². The number of nitrogens with two attached hydrogens (primary N) is 1. The first kappa shape index (κ1) is 11.9. The van der Waals surface area contributed by atoms with Gasteiger partial charge in [-0.05, 0) is 13.3 Å². The monoisotopic (exact) mass is 195 g/mol. The van der Waals surface area contributed by atoms with Gasteiger partial charge in [0.1, 0.15) is 0 Å². The molecular formula is C7H17NO3S. The predicted octanol–water partition coefficient (Wildman–Crippen LogP) is -0.213. The quantitative estimate of drug-likeness (QED) is 0.570. The minimum Gasteiger partial charge on any atom is -0.382 e. The zero-order chi connectivity index (χ0) is 9.45. The Hall–Kier alpha value is -0.130. The van der Waals surface area contributed by atoms with E-state index in [4.69, 9.17) is 10.5 Å². The van der Waals surface area contributed by atoms with Crippen LogP contribution in [-0.2, 0) is 14.6 Å². The van der Waals surface area contributed by atoms with Gasteiger partial charge in [-0.15, -0.1) is 0 Å². The van der Waals surface area contributed by atoms with E-state index in [0.717, 1.165) is 0 Å². The van der Waals surface area contributed by atoms with Crippen molar-refractivity contribution < 1.29 is 13.2 Å². The van der Waals surface area contributed by atoms with Gasteiger partial charge in [0.2, 0.25) is 0 Å². The molecule has 12 heavy (non-hydrogen) atoms. The fourth-order valence-electron chi connectivity index (χ4n) is 0.807. The highest BCUT2D eigenvalue weighted by atomic mass is 32.2. The molecule has 0 aromatic rings. The molecule has 0 aromatic heterocycles. The summed E-state index contributed by atoms with van der Waals surface area (Å²) in [5.74, 6) is 0.267. The number of rotatable bonds is 7. The summed E-state index contributed by atoms with van der Waals surface area (Å²) in [7, 11) is -2.92. The molecule has 0 rings (SSSR count). The molecule has 0 aliphatic heterocycles. The molecular weight excluding hydrogens is 178 g/mol. The van der Waals surface area contributed by atoms with Gasteiger partial charge < -0.3 is 10.5 Å². The second-order valence-electron chi connectivity index (χ2n) is 2.49. The molecule has 2 N–H and O–H groups in total. The molecule has 0 heterocycles. The summed E-state index contributed by atoms with van der Waals surface area (Å²) >= 11 is 0. The molecule has 0 atom stereocenters. The van der Waals surface area contributed by atoms with Crippen molar-refractivity contribution in [3.8, 4) is 0 Å². The van der Waals surface area contributed by atoms with Gasteiger partial charge >= 0.3 is 0 Å². The molecule has 0 fully saturated rings. The van der Waals surface area contributed by atoms with E-state index in [1.54, 1.807) is 0 Å². The maximum absolute atomic E-state index is 11.1. The third-order valence-corrected chi connectivity index (χ3v) is 3.15. The zero-order valence-corrected chi connectivity index (χ0v) is 8.27. The number of ether oxygens (including phenoxy) is 1. The standard InChI is InChI=1S/C7H17NO3S/c1-2-11-5-3-6-12(9,10)7-4-8/h2-8H2,1H3. The van der Waals surface area contributed by atoms with E-state index in [1.807, 2.05) is 6.92 Å². The SMILES string of the molecule is CCOCCCS(=O)(=O)CCN. The summed E-state index contributed by atoms with van der Waals surface area (Å²) in [4.78, 5) is 0. The minimum atomic E-state index is -2.92. The van der Waals surface area contributed by atoms with E-state index in [-0.39, 0.29) is 18.1 Å². The summed E-state index contributed by atoms with van der Waals surface area (Å²) in [6.07, 6.45) is 0.566. The maximum atomic E-state index is 11.1.